The summed E-state index contributed by atoms with van der Waals surface area (Å²) in [5, 5.41) is 3.09. The number of nitrogens with two attached hydrogens (primary N) is 1. The summed E-state index contributed by atoms with van der Waals surface area (Å²) in [6, 6.07) is 0.574. The van der Waals surface area contributed by atoms with Gasteiger partial charge in [0, 0.05) is 6.04 Å². The fraction of sp³-hybridized carbons (Fsp3) is 1.00. The Morgan fingerprint density at radius 2 is 2.12 bits per heavy atom. The summed E-state index contributed by atoms with van der Waals surface area (Å²) in [6.07, 6.45) is 1.07. The van der Waals surface area contributed by atoms with Gasteiger partial charge in [0.1, 0.15) is 0 Å². The largest absolute Gasteiger partial charge is 0.330 e. The van der Waals surface area contributed by atoms with Gasteiger partial charge in [-0.25, -0.2) is 0 Å². The number of rotatable bonds is 3. The minimum absolute atomic E-state index is 0. The first-order valence-electron chi connectivity index (χ1n) is 2.68. The Kier molecular flexibility index (Phi) is 9.97. The predicted molar refractivity (Wildman–Crippen MR) is 39.4 cm³/mol. The molecule has 0 aromatic rings. The van der Waals surface area contributed by atoms with Gasteiger partial charge in [0.15, 0.2) is 0 Å². The Morgan fingerprint density at radius 1 is 1.62 bits per heavy atom. The van der Waals surface area contributed by atoms with Crippen molar-refractivity contribution in [3.05, 3.63) is 0 Å². The highest BCUT2D eigenvalue weighted by atomic mass is 35.5. The van der Waals surface area contributed by atoms with Crippen LogP contribution in [0.25, 0.3) is 0 Å². The highest BCUT2D eigenvalue weighted by molar-refractivity contribution is 5.85. The molecule has 0 aromatic heterocycles. The van der Waals surface area contributed by atoms with E-state index in [2.05, 4.69) is 12.2 Å². The van der Waals surface area contributed by atoms with Crippen molar-refractivity contribution in [3.63, 3.8) is 0 Å². The standard InChI is InChI=1S/C5H14N2.ClH/c1-5(7-2)3-4-6;/h5,7H,3-4,6H2,1-2H3;1H. The van der Waals surface area contributed by atoms with Crippen molar-refractivity contribution in [1.82, 2.24) is 5.32 Å². The zero-order chi connectivity index (χ0) is 5.70. The van der Waals surface area contributed by atoms with Crippen molar-refractivity contribution in [2.75, 3.05) is 13.6 Å². The zero-order valence-electron chi connectivity index (χ0n) is 5.48. The zero-order valence-corrected chi connectivity index (χ0v) is 6.29. The van der Waals surface area contributed by atoms with Crippen LogP contribution in [0.5, 0.6) is 0 Å². The molecule has 3 heteroatoms. The molecule has 0 spiro atoms. The fourth-order valence-electron chi connectivity index (χ4n) is 0.394. The van der Waals surface area contributed by atoms with E-state index < -0.39 is 0 Å². The van der Waals surface area contributed by atoms with Crippen LogP contribution >= 0.6 is 12.4 Å². The average molecular weight is 139 g/mol. The Labute approximate surface area is 57.2 Å². The topological polar surface area (TPSA) is 38.0 Å². The molecule has 2 nitrogen and oxygen atoms in total. The monoisotopic (exact) mass is 138 g/mol. The molecular formula is C5H15ClN2. The van der Waals surface area contributed by atoms with Crippen LogP contribution in [-0.2, 0) is 0 Å². The molecule has 0 fully saturated rings. The Morgan fingerprint density at radius 3 is 2.25 bits per heavy atom. The maximum atomic E-state index is 5.26. The third kappa shape index (κ3) is 6.21. The van der Waals surface area contributed by atoms with Crippen LogP contribution in [0.4, 0.5) is 0 Å². The van der Waals surface area contributed by atoms with Gasteiger partial charge < -0.3 is 11.1 Å². The van der Waals surface area contributed by atoms with Gasteiger partial charge in [-0.15, -0.1) is 12.4 Å². The van der Waals surface area contributed by atoms with Crippen LogP contribution in [0.1, 0.15) is 13.3 Å². The van der Waals surface area contributed by atoms with Crippen molar-refractivity contribution >= 4 is 12.4 Å². The van der Waals surface area contributed by atoms with Crippen LogP contribution in [0.2, 0.25) is 0 Å². The fourth-order valence-corrected chi connectivity index (χ4v) is 0.394. The van der Waals surface area contributed by atoms with Crippen molar-refractivity contribution in [2.24, 2.45) is 5.73 Å². The van der Waals surface area contributed by atoms with Crippen molar-refractivity contribution in [1.29, 1.82) is 0 Å². The van der Waals surface area contributed by atoms with E-state index in [0.717, 1.165) is 13.0 Å². The molecule has 0 amide bonds. The van der Waals surface area contributed by atoms with E-state index in [1.54, 1.807) is 0 Å². The van der Waals surface area contributed by atoms with Crippen LogP contribution in [0, 0.1) is 0 Å². The summed E-state index contributed by atoms with van der Waals surface area (Å²) >= 11 is 0. The smallest absolute Gasteiger partial charge is 0.00477 e. The van der Waals surface area contributed by atoms with E-state index in [0.29, 0.717) is 6.04 Å². The van der Waals surface area contributed by atoms with Gasteiger partial charge in [-0.1, -0.05) is 0 Å². The summed E-state index contributed by atoms with van der Waals surface area (Å²) in [5.41, 5.74) is 5.26. The second-order valence-corrected chi connectivity index (χ2v) is 1.77. The molecule has 1 unspecified atom stereocenters. The quantitative estimate of drug-likeness (QED) is 0.592. The SMILES string of the molecule is CNC(C)CCN.Cl. The van der Waals surface area contributed by atoms with Gasteiger partial charge in [-0.2, -0.15) is 0 Å². The lowest BCUT2D eigenvalue weighted by molar-refractivity contribution is 0.572. The van der Waals surface area contributed by atoms with E-state index in [-0.39, 0.29) is 12.4 Å². The maximum Gasteiger partial charge on any atom is 0.00477 e. The molecule has 52 valence electrons. The molecule has 0 saturated heterocycles. The number of hydrogen-bond donors (Lipinski definition) is 2. The molecule has 0 bridgehead atoms. The summed E-state index contributed by atoms with van der Waals surface area (Å²) in [7, 11) is 1.94. The highest BCUT2D eigenvalue weighted by Crippen LogP contribution is 1.82. The third-order valence-corrected chi connectivity index (χ3v) is 1.09. The Balaban J connectivity index is 0. The third-order valence-electron chi connectivity index (χ3n) is 1.09. The second-order valence-electron chi connectivity index (χ2n) is 1.77. The van der Waals surface area contributed by atoms with Crippen LogP contribution in [-0.4, -0.2) is 19.6 Å². The summed E-state index contributed by atoms with van der Waals surface area (Å²) in [6.45, 7) is 2.90. The van der Waals surface area contributed by atoms with E-state index >= 15 is 0 Å². The molecule has 0 aromatic carbocycles. The summed E-state index contributed by atoms with van der Waals surface area (Å²) in [4.78, 5) is 0. The van der Waals surface area contributed by atoms with Gasteiger partial charge in [0.25, 0.3) is 0 Å². The van der Waals surface area contributed by atoms with Crippen LogP contribution in [0.3, 0.4) is 0 Å². The predicted octanol–water partition coefficient (Wildman–Crippen LogP) is 0.365. The molecular weight excluding hydrogens is 124 g/mol. The van der Waals surface area contributed by atoms with E-state index in [1.165, 1.54) is 0 Å². The maximum absolute atomic E-state index is 5.26. The van der Waals surface area contributed by atoms with E-state index in [1.807, 2.05) is 7.05 Å². The molecule has 0 heterocycles. The average Bonchev–Trinajstić information content (AvgIpc) is 1.68. The minimum atomic E-state index is 0. The molecule has 0 radical (unpaired) electrons. The van der Waals surface area contributed by atoms with Gasteiger partial charge in [0.05, 0.1) is 0 Å². The summed E-state index contributed by atoms with van der Waals surface area (Å²) < 4.78 is 0. The second kappa shape index (κ2) is 7.21. The van der Waals surface area contributed by atoms with Gasteiger partial charge in [-0.3, -0.25) is 0 Å². The first-order valence-corrected chi connectivity index (χ1v) is 2.68. The minimum Gasteiger partial charge on any atom is -0.330 e. The van der Waals surface area contributed by atoms with Gasteiger partial charge in [0.2, 0.25) is 0 Å². The highest BCUT2D eigenvalue weighted by Gasteiger charge is 1.91. The first kappa shape index (κ1) is 11.1. The summed E-state index contributed by atoms with van der Waals surface area (Å²) in [5.74, 6) is 0. The van der Waals surface area contributed by atoms with Crippen LogP contribution in [0.15, 0.2) is 0 Å². The normalized spacial score (nSPS) is 12.4. The molecule has 0 aliphatic heterocycles. The molecule has 3 N–H and O–H groups in total. The molecule has 8 heavy (non-hydrogen) atoms. The van der Waals surface area contributed by atoms with Crippen LogP contribution < -0.4 is 11.1 Å². The molecule has 0 aliphatic carbocycles. The number of nitrogens with one attached hydrogen (secondary N) is 1. The lowest BCUT2D eigenvalue weighted by Gasteiger charge is -2.05. The van der Waals surface area contributed by atoms with Crippen molar-refractivity contribution < 1.29 is 0 Å². The molecule has 1 atom stereocenters. The Bertz CT molecular complexity index is 41.4. The number of halogens is 1. The van der Waals surface area contributed by atoms with E-state index in [9.17, 15) is 0 Å². The lowest BCUT2D eigenvalue weighted by Crippen LogP contribution is -2.23. The molecule has 0 saturated carbocycles. The van der Waals surface area contributed by atoms with Gasteiger partial charge >= 0.3 is 0 Å². The molecule has 0 aliphatic rings. The van der Waals surface area contributed by atoms with Gasteiger partial charge in [-0.05, 0) is 26.9 Å². The first-order chi connectivity index (χ1) is 3.31. The Hall–Kier alpha value is 0.210. The molecule has 0 rings (SSSR count). The van der Waals surface area contributed by atoms with Crippen molar-refractivity contribution in [3.8, 4) is 0 Å². The van der Waals surface area contributed by atoms with E-state index in [4.69, 9.17) is 5.73 Å². The van der Waals surface area contributed by atoms with Crippen molar-refractivity contribution in [2.45, 2.75) is 19.4 Å². The number of hydrogen-bond acceptors (Lipinski definition) is 2. The lowest BCUT2D eigenvalue weighted by atomic mass is 10.2.